The van der Waals surface area contributed by atoms with E-state index in [2.05, 4.69) is 32.6 Å². The third-order valence-corrected chi connectivity index (χ3v) is 6.59. The first-order chi connectivity index (χ1) is 16.4. The molecule has 170 valence electrons. The molecule has 2 aliphatic rings. The summed E-state index contributed by atoms with van der Waals surface area (Å²) in [5, 5.41) is 17.7. The van der Waals surface area contributed by atoms with Crippen LogP contribution in [0.3, 0.4) is 0 Å². The number of benzene rings is 3. The van der Waals surface area contributed by atoms with Crippen LogP contribution >= 0.6 is 15.9 Å². The number of nitrogens with one attached hydrogen (secondary N) is 2. The van der Waals surface area contributed by atoms with Crippen molar-refractivity contribution in [3.8, 4) is 5.75 Å². The molecule has 1 heterocycles. The number of carbonyl (C=O) groups excluding carboxylic acids is 3. The summed E-state index contributed by atoms with van der Waals surface area (Å²) in [5.41, 5.74) is 1.98. The van der Waals surface area contributed by atoms with Crippen molar-refractivity contribution in [3.63, 3.8) is 0 Å². The minimum Gasteiger partial charge on any atom is -0.507 e. The molecule has 0 bridgehead atoms. The first-order valence-electron chi connectivity index (χ1n) is 10.7. The van der Waals surface area contributed by atoms with Crippen molar-refractivity contribution in [3.05, 3.63) is 87.2 Å². The Kier molecular flexibility index (Phi) is 5.67. The predicted octanol–water partition coefficient (Wildman–Crippen LogP) is 2.62. The normalized spacial score (nSPS) is 17.1. The third kappa shape index (κ3) is 3.97. The van der Waals surface area contributed by atoms with Gasteiger partial charge in [0.15, 0.2) is 0 Å². The second-order valence-electron chi connectivity index (χ2n) is 8.08. The Morgan fingerprint density at radius 2 is 1.79 bits per heavy atom. The van der Waals surface area contributed by atoms with Crippen LogP contribution in [-0.4, -0.2) is 28.9 Å². The highest BCUT2D eigenvalue weighted by atomic mass is 79.9. The molecule has 34 heavy (non-hydrogen) atoms. The second-order valence-corrected chi connectivity index (χ2v) is 8.93. The molecule has 0 radical (unpaired) electrons. The minimum absolute atomic E-state index is 0.132. The van der Waals surface area contributed by atoms with E-state index in [9.17, 15) is 19.5 Å². The van der Waals surface area contributed by atoms with Gasteiger partial charge < -0.3 is 20.6 Å². The number of amides is 3. The topological polar surface area (TPSA) is 98.7 Å². The highest BCUT2D eigenvalue weighted by Gasteiger charge is 2.34. The van der Waals surface area contributed by atoms with Crippen LogP contribution in [0.4, 0.5) is 11.4 Å². The number of fused-ring (bicyclic) bond motifs is 2. The summed E-state index contributed by atoms with van der Waals surface area (Å²) in [4.78, 5) is 39.8. The SMILES string of the molecule is O=C1CC(=O)N(c2ccc(NC(=O)c3c(O)cccc3Br)cc2)C2CC=c3ccccc3=C2N1. The second kappa shape index (κ2) is 8.79. The van der Waals surface area contributed by atoms with E-state index < -0.39 is 5.91 Å². The summed E-state index contributed by atoms with van der Waals surface area (Å²) in [7, 11) is 0. The van der Waals surface area contributed by atoms with Crippen LogP contribution in [0.2, 0.25) is 0 Å². The van der Waals surface area contributed by atoms with Crippen molar-refractivity contribution in [2.75, 3.05) is 10.2 Å². The van der Waals surface area contributed by atoms with Gasteiger partial charge >= 0.3 is 0 Å². The summed E-state index contributed by atoms with van der Waals surface area (Å²) >= 11 is 3.28. The number of nitrogens with zero attached hydrogens (tertiary/aromatic N) is 1. The van der Waals surface area contributed by atoms with Crippen LogP contribution in [0.1, 0.15) is 23.2 Å². The average molecular weight is 518 g/mol. The molecule has 1 unspecified atom stereocenters. The molecule has 8 heteroatoms. The van der Waals surface area contributed by atoms with E-state index in [0.29, 0.717) is 22.3 Å². The molecule has 3 N–H and O–H groups in total. The first kappa shape index (κ1) is 21.9. The fraction of sp³-hybridized carbons (Fsp3) is 0.115. The first-order valence-corrected chi connectivity index (χ1v) is 11.5. The Labute approximate surface area is 203 Å². The highest BCUT2D eigenvalue weighted by molar-refractivity contribution is 9.10. The summed E-state index contributed by atoms with van der Waals surface area (Å²) in [6, 6.07) is 19.0. The van der Waals surface area contributed by atoms with Gasteiger partial charge in [-0.15, -0.1) is 0 Å². The monoisotopic (exact) mass is 517 g/mol. The number of aromatic hydroxyl groups is 1. The van der Waals surface area contributed by atoms with E-state index in [0.717, 1.165) is 16.1 Å². The van der Waals surface area contributed by atoms with Gasteiger partial charge in [0.1, 0.15) is 12.2 Å². The summed E-state index contributed by atoms with van der Waals surface area (Å²) in [5.74, 6) is -1.22. The Morgan fingerprint density at radius 1 is 1.03 bits per heavy atom. The van der Waals surface area contributed by atoms with Crippen molar-refractivity contribution in [1.29, 1.82) is 0 Å². The van der Waals surface area contributed by atoms with Gasteiger partial charge in [-0.3, -0.25) is 14.4 Å². The smallest absolute Gasteiger partial charge is 0.260 e. The molecule has 7 nitrogen and oxygen atoms in total. The number of hydrogen-bond donors (Lipinski definition) is 3. The molecule has 1 saturated heterocycles. The fourth-order valence-electron chi connectivity index (χ4n) is 4.39. The van der Waals surface area contributed by atoms with Crippen LogP contribution in [0.25, 0.3) is 11.8 Å². The number of anilines is 2. The molecule has 1 fully saturated rings. The van der Waals surface area contributed by atoms with E-state index in [4.69, 9.17) is 0 Å². The van der Waals surface area contributed by atoms with E-state index in [1.54, 1.807) is 41.3 Å². The lowest BCUT2D eigenvalue weighted by Gasteiger charge is -2.32. The molecule has 1 aliphatic carbocycles. The van der Waals surface area contributed by atoms with Crippen LogP contribution in [0, 0.1) is 0 Å². The summed E-state index contributed by atoms with van der Waals surface area (Å²) in [6.07, 6.45) is 2.39. The van der Waals surface area contributed by atoms with E-state index in [1.165, 1.54) is 6.07 Å². The minimum atomic E-state index is -0.465. The zero-order valence-electron chi connectivity index (χ0n) is 17.9. The molecule has 3 aromatic rings. The molecule has 0 saturated carbocycles. The van der Waals surface area contributed by atoms with E-state index in [1.807, 2.05) is 24.3 Å². The van der Waals surface area contributed by atoms with Gasteiger partial charge in [0, 0.05) is 26.8 Å². The molecular weight excluding hydrogens is 498 g/mol. The van der Waals surface area contributed by atoms with E-state index >= 15 is 0 Å². The number of phenols is 1. The summed E-state index contributed by atoms with van der Waals surface area (Å²) in [6.45, 7) is 0. The van der Waals surface area contributed by atoms with Gasteiger partial charge in [-0.25, -0.2) is 0 Å². The molecule has 1 aliphatic heterocycles. The standard InChI is InChI=1S/C26H20BrN3O4/c27-19-6-3-7-21(31)24(19)26(34)28-16-9-11-17(12-10-16)30-20-13-8-15-4-1-2-5-18(15)25(20)29-22(32)14-23(30)33/h1-12,20,31H,13-14H2,(H,28,34)(H,29,32). The maximum atomic E-state index is 13.0. The van der Waals surface area contributed by atoms with E-state index in [-0.39, 0.29) is 35.6 Å². The molecule has 0 spiro atoms. The highest BCUT2D eigenvalue weighted by Crippen LogP contribution is 2.29. The van der Waals surface area contributed by atoms with Gasteiger partial charge in [-0.1, -0.05) is 36.4 Å². The van der Waals surface area contributed by atoms with Crippen LogP contribution in [0.15, 0.2) is 71.2 Å². The van der Waals surface area contributed by atoms with Gasteiger partial charge in [0.05, 0.1) is 11.6 Å². The number of carbonyl (C=O) groups is 3. The number of halogens is 1. The largest absolute Gasteiger partial charge is 0.507 e. The van der Waals surface area contributed by atoms with Crippen LogP contribution in [0.5, 0.6) is 5.75 Å². The maximum Gasteiger partial charge on any atom is 0.260 e. The van der Waals surface area contributed by atoms with Crippen molar-refractivity contribution < 1.29 is 19.5 Å². The predicted molar refractivity (Wildman–Crippen MR) is 132 cm³/mol. The van der Waals surface area contributed by atoms with Gasteiger partial charge in [-0.2, -0.15) is 0 Å². The van der Waals surface area contributed by atoms with Crippen molar-refractivity contribution in [1.82, 2.24) is 5.32 Å². The van der Waals surface area contributed by atoms with Crippen molar-refractivity contribution in [2.45, 2.75) is 18.9 Å². The Balaban J connectivity index is 1.46. The van der Waals surface area contributed by atoms with Crippen molar-refractivity contribution >= 4 is 56.8 Å². The third-order valence-electron chi connectivity index (χ3n) is 5.93. The lowest BCUT2D eigenvalue weighted by molar-refractivity contribution is -0.126. The quantitative estimate of drug-likeness (QED) is 0.465. The number of rotatable bonds is 3. The van der Waals surface area contributed by atoms with Crippen LogP contribution in [-0.2, 0) is 9.59 Å². The Morgan fingerprint density at radius 3 is 2.56 bits per heavy atom. The molecule has 3 aromatic carbocycles. The number of phenolic OH excluding ortho intramolecular Hbond substituents is 1. The van der Waals surface area contributed by atoms with Gasteiger partial charge in [0.2, 0.25) is 11.8 Å². The van der Waals surface area contributed by atoms with Gasteiger partial charge in [0.25, 0.3) is 5.91 Å². The molecular formula is C26H20BrN3O4. The molecule has 1 atom stereocenters. The maximum absolute atomic E-state index is 13.0. The molecule has 0 aromatic heterocycles. The fourth-order valence-corrected chi connectivity index (χ4v) is 4.93. The summed E-state index contributed by atoms with van der Waals surface area (Å²) < 4.78 is 0.478. The lowest BCUT2D eigenvalue weighted by atomic mass is 9.98. The average Bonchev–Trinajstić information content (AvgIpc) is 2.94. The number of hydrogen-bond acceptors (Lipinski definition) is 4. The zero-order chi connectivity index (χ0) is 23.8. The molecule has 3 amide bonds. The molecule has 5 rings (SSSR count). The Hall–Kier alpha value is -3.91. The van der Waals surface area contributed by atoms with Crippen LogP contribution < -0.4 is 26.0 Å². The lowest BCUT2D eigenvalue weighted by Crippen LogP contribution is -2.47. The Bertz CT molecular complexity index is 1430. The zero-order valence-corrected chi connectivity index (χ0v) is 19.5. The van der Waals surface area contributed by atoms with Gasteiger partial charge in [-0.05, 0) is 64.0 Å². The van der Waals surface area contributed by atoms with Crippen molar-refractivity contribution in [2.24, 2.45) is 0 Å².